The number of anilines is 1. The molecule has 38 heavy (non-hydrogen) atoms. The summed E-state index contributed by atoms with van der Waals surface area (Å²) in [4.78, 5) is 9.76. The lowest BCUT2D eigenvalue weighted by molar-refractivity contribution is -0.137. The predicted molar refractivity (Wildman–Crippen MR) is 145 cm³/mol. The second kappa shape index (κ2) is 10.7. The number of hydrogen-bond acceptors (Lipinski definition) is 6. The Bertz CT molecular complexity index is 1480. The molecule has 9 heteroatoms. The molecule has 4 N–H and O–H groups in total. The molecular weight excluding hydrogens is 509 g/mol. The molecule has 2 aromatic carbocycles. The standard InChI is InChI=1S/C29H27F3N4OS/c30-29(31,32)23-7-3-19(4-8-23)15-24(33)18-35-27-36-25(9-13-28(37)11-1-2-12-28)26(38-27)21-5-6-22-17-34-14-10-20(22)16-21/h3-8,10,14,16-17,24,37H,1-2,11-12,15,18,33H2,(H,35,36). The van der Waals surface area contributed by atoms with Crippen molar-refractivity contribution in [3.8, 4) is 22.3 Å². The number of nitrogens with two attached hydrogens (primary N) is 1. The van der Waals surface area contributed by atoms with E-state index in [0.717, 1.165) is 51.8 Å². The van der Waals surface area contributed by atoms with Gasteiger partial charge in [0.25, 0.3) is 0 Å². The molecule has 2 aromatic heterocycles. The Morgan fingerprint density at radius 1 is 1.08 bits per heavy atom. The second-order valence-electron chi connectivity index (χ2n) is 9.66. The van der Waals surface area contributed by atoms with Crippen molar-refractivity contribution in [3.63, 3.8) is 0 Å². The number of pyridine rings is 1. The zero-order valence-corrected chi connectivity index (χ0v) is 21.4. The zero-order chi connectivity index (χ0) is 26.8. The quantitative estimate of drug-likeness (QED) is 0.263. The minimum atomic E-state index is -4.36. The molecule has 0 spiro atoms. The molecule has 1 aliphatic rings. The molecule has 0 amide bonds. The van der Waals surface area contributed by atoms with Crippen molar-refractivity contribution in [1.82, 2.24) is 9.97 Å². The highest BCUT2D eigenvalue weighted by atomic mass is 32.1. The van der Waals surface area contributed by atoms with Gasteiger partial charge in [0.05, 0.1) is 10.4 Å². The molecule has 0 radical (unpaired) electrons. The van der Waals surface area contributed by atoms with Gasteiger partial charge in [-0.05, 0) is 78.8 Å². The van der Waals surface area contributed by atoms with Crippen LogP contribution in [-0.2, 0) is 12.6 Å². The van der Waals surface area contributed by atoms with Gasteiger partial charge in [0.2, 0.25) is 0 Å². The Morgan fingerprint density at radius 3 is 2.58 bits per heavy atom. The lowest BCUT2D eigenvalue weighted by Gasteiger charge is -2.13. The van der Waals surface area contributed by atoms with Crippen LogP contribution in [0.4, 0.5) is 18.3 Å². The summed E-state index contributed by atoms with van der Waals surface area (Å²) >= 11 is 1.45. The highest BCUT2D eigenvalue weighted by Crippen LogP contribution is 2.35. The van der Waals surface area contributed by atoms with Crippen molar-refractivity contribution in [2.75, 3.05) is 11.9 Å². The maximum absolute atomic E-state index is 12.8. The van der Waals surface area contributed by atoms with Gasteiger partial charge in [-0.3, -0.25) is 4.98 Å². The molecule has 1 aliphatic carbocycles. The van der Waals surface area contributed by atoms with Gasteiger partial charge >= 0.3 is 6.18 Å². The maximum atomic E-state index is 12.8. The normalized spacial score (nSPS) is 15.7. The number of alkyl halides is 3. The fraction of sp³-hybridized carbons (Fsp3) is 0.310. The molecule has 5 rings (SSSR count). The van der Waals surface area contributed by atoms with Gasteiger partial charge < -0.3 is 16.2 Å². The van der Waals surface area contributed by atoms with Crippen LogP contribution in [0.3, 0.4) is 0 Å². The molecule has 0 aliphatic heterocycles. The summed E-state index contributed by atoms with van der Waals surface area (Å²) in [6.45, 7) is 0.383. The van der Waals surface area contributed by atoms with Crippen LogP contribution < -0.4 is 11.1 Å². The van der Waals surface area contributed by atoms with Crippen molar-refractivity contribution < 1.29 is 18.3 Å². The monoisotopic (exact) mass is 536 g/mol. The smallest absolute Gasteiger partial charge is 0.378 e. The van der Waals surface area contributed by atoms with E-state index >= 15 is 0 Å². The van der Waals surface area contributed by atoms with Crippen molar-refractivity contribution in [3.05, 3.63) is 77.7 Å². The van der Waals surface area contributed by atoms with Gasteiger partial charge in [0.15, 0.2) is 5.13 Å². The first kappa shape index (κ1) is 26.2. The molecule has 0 bridgehead atoms. The lowest BCUT2D eigenvalue weighted by Crippen LogP contribution is -2.31. The van der Waals surface area contributed by atoms with Crippen LogP contribution in [-0.4, -0.2) is 33.3 Å². The minimum Gasteiger partial charge on any atom is -0.378 e. The van der Waals surface area contributed by atoms with E-state index in [2.05, 4.69) is 28.2 Å². The minimum absolute atomic E-state index is 0.332. The maximum Gasteiger partial charge on any atom is 0.416 e. The summed E-state index contributed by atoms with van der Waals surface area (Å²) < 4.78 is 38.5. The van der Waals surface area contributed by atoms with Crippen molar-refractivity contribution in [2.45, 2.75) is 49.9 Å². The van der Waals surface area contributed by atoms with E-state index in [-0.39, 0.29) is 6.04 Å². The summed E-state index contributed by atoms with van der Waals surface area (Å²) in [5.74, 6) is 6.19. The first-order valence-electron chi connectivity index (χ1n) is 12.4. The first-order chi connectivity index (χ1) is 18.2. The van der Waals surface area contributed by atoms with E-state index in [0.29, 0.717) is 36.6 Å². The average molecular weight is 537 g/mol. The average Bonchev–Trinajstić information content (AvgIpc) is 3.52. The van der Waals surface area contributed by atoms with E-state index in [9.17, 15) is 18.3 Å². The SMILES string of the molecule is NC(CNc1nc(C#CC2(O)CCCC2)c(-c2ccc3cnccc3c2)s1)Cc1ccc(C(F)(F)F)cc1. The van der Waals surface area contributed by atoms with Crippen molar-refractivity contribution in [1.29, 1.82) is 0 Å². The Labute approximate surface area is 222 Å². The molecule has 5 nitrogen and oxygen atoms in total. The summed E-state index contributed by atoms with van der Waals surface area (Å²) in [6.07, 6.45) is 2.85. The predicted octanol–water partition coefficient (Wildman–Crippen LogP) is 6.02. The third kappa shape index (κ3) is 6.16. The first-order valence-corrected chi connectivity index (χ1v) is 13.3. The Morgan fingerprint density at radius 2 is 1.84 bits per heavy atom. The number of rotatable bonds is 6. The second-order valence-corrected chi connectivity index (χ2v) is 10.7. The number of nitrogens with zero attached hydrogens (tertiary/aromatic N) is 2. The topological polar surface area (TPSA) is 84.1 Å². The van der Waals surface area contributed by atoms with Gasteiger partial charge in [-0.15, -0.1) is 0 Å². The fourth-order valence-electron chi connectivity index (χ4n) is 4.58. The van der Waals surface area contributed by atoms with Crippen LogP contribution in [0, 0.1) is 11.8 Å². The number of nitrogens with one attached hydrogen (secondary N) is 1. The molecule has 1 saturated carbocycles. The van der Waals surface area contributed by atoms with Gasteiger partial charge in [0, 0.05) is 30.4 Å². The molecule has 0 saturated heterocycles. The molecule has 1 unspecified atom stereocenters. The van der Waals surface area contributed by atoms with Crippen LogP contribution in [0.25, 0.3) is 21.2 Å². The van der Waals surface area contributed by atoms with Crippen LogP contribution in [0.5, 0.6) is 0 Å². The van der Waals surface area contributed by atoms with Crippen LogP contribution in [0.2, 0.25) is 0 Å². The molecule has 2 heterocycles. The number of halogens is 3. The van der Waals surface area contributed by atoms with Crippen LogP contribution in [0.15, 0.2) is 60.9 Å². The Balaban J connectivity index is 1.35. The van der Waals surface area contributed by atoms with Crippen LogP contribution >= 0.6 is 11.3 Å². The number of benzene rings is 2. The number of thiazole rings is 1. The molecule has 1 atom stereocenters. The molecule has 4 aromatic rings. The van der Waals surface area contributed by atoms with E-state index in [1.54, 1.807) is 6.20 Å². The largest absolute Gasteiger partial charge is 0.416 e. The van der Waals surface area contributed by atoms with Gasteiger partial charge in [-0.1, -0.05) is 41.5 Å². The zero-order valence-electron chi connectivity index (χ0n) is 20.6. The van der Waals surface area contributed by atoms with E-state index in [1.807, 2.05) is 24.4 Å². The molecular formula is C29H27F3N4OS. The van der Waals surface area contributed by atoms with E-state index in [1.165, 1.54) is 23.5 Å². The van der Waals surface area contributed by atoms with Gasteiger partial charge in [0.1, 0.15) is 11.3 Å². The van der Waals surface area contributed by atoms with E-state index < -0.39 is 17.3 Å². The number of aromatic nitrogens is 2. The third-order valence-corrected chi connectivity index (χ3v) is 7.73. The van der Waals surface area contributed by atoms with Crippen LogP contribution in [0.1, 0.15) is 42.5 Å². The fourth-order valence-corrected chi connectivity index (χ4v) is 5.51. The summed E-state index contributed by atoms with van der Waals surface area (Å²) in [6, 6.07) is 12.8. The molecule has 196 valence electrons. The van der Waals surface area contributed by atoms with Gasteiger partial charge in [-0.25, -0.2) is 4.98 Å². The number of fused-ring (bicyclic) bond motifs is 1. The highest BCUT2D eigenvalue weighted by Gasteiger charge is 2.30. The highest BCUT2D eigenvalue weighted by molar-refractivity contribution is 7.19. The van der Waals surface area contributed by atoms with Crippen molar-refractivity contribution in [2.24, 2.45) is 5.73 Å². The molecule has 1 fully saturated rings. The number of hydrogen-bond donors (Lipinski definition) is 3. The van der Waals surface area contributed by atoms with Gasteiger partial charge in [-0.2, -0.15) is 13.2 Å². The summed E-state index contributed by atoms with van der Waals surface area (Å²) in [7, 11) is 0. The summed E-state index contributed by atoms with van der Waals surface area (Å²) in [5, 5.41) is 16.7. The number of aliphatic hydroxyl groups is 1. The van der Waals surface area contributed by atoms with Crippen molar-refractivity contribution >= 4 is 27.2 Å². The lowest BCUT2D eigenvalue weighted by atomic mass is 10.0. The third-order valence-electron chi connectivity index (χ3n) is 6.67. The van der Waals surface area contributed by atoms with E-state index in [4.69, 9.17) is 10.7 Å². The summed E-state index contributed by atoms with van der Waals surface area (Å²) in [5.41, 5.74) is 6.90. The Kier molecular flexibility index (Phi) is 7.39. The Hall–Kier alpha value is -3.45.